The number of ketones is 1. The summed E-state index contributed by atoms with van der Waals surface area (Å²) in [4.78, 5) is 46.7. The van der Waals surface area contributed by atoms with Gasteiger partial charge in [-0.25, -0.2) is 4.79 Å². The first-order chi connectivity index (χ1) is 20.4. The Bertz CT molecular complexity index is 1810. The standard InChI is InChI=1S/C32H30N4O6/c33-25(15-21-16-34-26-10-3-1-8-22(21)26)30(39)41-17-19-6-5-7-20(14-19)29(38)32(31(40)42-18-37)28-24(12-13-35-32)23-9-2-4-11-27(23)36-28/h1-11,14,16,25,34-37H,12-13,15,17-18,33H2. The SMILES string of the molecule is NC(Cc1c[nH]c2ccccc12)C(=O)OCc1cccc(C(=O)C2(C(=O)OCO)NCCc3c2[nH]c2ccccc32)c1. The summed E-state index contributed by atoms with van der Waals surface area (Å²) in [6.07, 6.45) is 2.73. The monoisotopic (exact) mass is 566 g/mol. The summed E-state index contributed by atoms with van der Waals surface area (Å²) in [5.74, 6) is -2.04. The zero-order chi connectivity index (χ0) is 29.3. The van der Waals surface area contributed by atoms with E-state index >= 15 is 0 Å². The molecule has 5 aromatic rings. The summed E-state index contributed by atoms with van der Waals surface area (Å²) in [6, 6.07) is 21.0. The lowest BCUT2D eigenvalue weighted by Crippen LogP contribution is -2.59. The minimum atomic E-state index is -1.90. The maximum atomic E-state index is 14.2. The molecule has 214 valence electrons. The summed E-state index contributed by atoms with van der Waals surface area (Å²) < 4.78 is 10.5. The Hall–Kier alpha value is -4.77. The fourth-order valence-electron chi connectivity index (χ4n) is 5.77. The van der Waals surface area contributed by atoms with Crippen molar-refractivity contribution in [1.29, 1.82) is 0 Å². The average molecular weight is 567 g/mol. The number of hydrogen-bond donors (Lipinski definition) is 5. The van der Waals surface area contributed by atoms with E-state index < -0.39 is 36.1 Å². The molecule has 6 rings (SSSR count). The molecule has 1 aliphatic heterocycles. The van der Waals surface area contributed by atoms with Crippen molar-refractivity contribution in [3.8, 4) is 0 Å². The summed E-state index contributed by atoms with van der Waals surface area (Å²) in [5.41, 5.74) is 8.91. The number of para-hydroxylation sites is 2. The second kappa shape index (κ2) is 11.2. The predicted octanol–water partition coefficient (Wildman–Crippen LogP) is 2.98. The molecule has 1 aliphatic rings. The fourth-order valence-corrected chi connectivity index (χ4v) is 5.77. The third-order valence-corrected chi connectivity index (χ3v) is 7.78. The number of ether oxygens (including phenoxy) is 2. The number of benzene rings is 3. The highest BCUT2D eigenvalue weighted by atomic mass is 16.6. The second-order valence-electron chi connectivity index (χ2n) is 10.3. The molecular weight excluding hydrogens is 536 g/mol. The summed E-state index contributed by atoms with van der Waals surface area (Å²) in [6.45, 7) is -0.646. The highest BCUT2D eigenvalue weighted by Crippen LogP contribution is 2.37. The van der Waals surface area contributed by atoms with Crippen LogP contribution in [0.5, 0.6) is 0 Å². The molecule has 2 unspecified atom stereocenters. The molecule has 0 amide bonds. The van der Waals surface area contributed by atoms with Crippen molar-refractivity contribution in [2.75, 3.05) is 13.3 Å². The van der Waals surface area contributed by atoms with Crippen LogP contribution < -0.4 is 11.1 Å². The molecule has 6 N–H and O–H groups in total. The van der Waals surface area contributed by atoms with Gasteiger partial charge in [0.15, 0.2) is 6.79 Å². The Morgan fingerprint density at radius 1 is 0.952 bits per heavy atom. The van der Waals surface area contributed by atoms with Gasteiger partial charge in [-0.15, -0.1) is 0 Å². The van der Waals surface area contributed by atoms with Gasteiger partial charge >= 0.3 is 11.9 Å². The number of nitrogens with one attached hydrogen (secondary N) is 3. The summed E-state index contributed by atoms with van der Waals surface area (Å²) in [7, 11) is 0. The molecule has 10 nitrogen and oxygen atoms in total. The van der Waals surface area contributed by atoms with Crippen LogP contribution in [0.25, 0.3) is 21.8 Å². The summed E-state index contributed by atoms with van der Waals surface area (Å²) >= 11 is 0. The second-order valence-corrected chi connectivity index (χ2v) is 10.3. The van der Waals surface area contributed by atoms with Gasteiger partial charge in [-0.05, 0) is 41.3 Å². The first kappa shape index (κ1) is 27.4. The number of aromatic amines is 2. The molecule has 2 atom stereocenters. The highest BCUT2D eigenvalue weighted by Gasteiger charge is 2.53. The van der Waals surface area contributed by atoms with Crippen LogP contribution in [0, 0.1) is 0 Å². The number of rotatable bonds is 9. The first-order valence-electron chi connectivity index (χ1n) is 13.7. The van der Waals surface area contributed by atoms with Crippen LogP contribution in [0.15, 0.2) is 79.0 Å². The molecule has 0 fully saturated rings. The first-order valence-corrected chi connectivity index (χ1v) is 13.7. The quantitative estimate of drug-likeness (QED) is 0.0788. The van der Waals surface area contributed by atoms with Crippen molar-refractivity contribution in [1.82, 2.24) is 15.3 Å². The molecule has 0 saturated carbocycles. The molecule has 0 bridgehead atoms. The molecule has 10 heteroatoms. The minimum absolute atomic E-state index is 0.110. The Morgan fingerprint density at radius 2 is 1.71 bits per heavy atom. The molecule has 42 heavy (non-hydrogen) atoms. The van der Waals surface area contributed by atoms with Crippen LogP contribution in [-0.4, -0.2) is 52.2 Å². The van der Waals surface area contributed by atoms with Crippen LogP contribution in [0.3, 0.4) is 0 Å². The zero-order valence-corrected chi connectivity index (χ0v) is 22.7. The van der Waals surface area contributed by atoms with Crippen molar-refractivity contribution < 1.29 is 29.0 Å². The lowest BCUT2D eigenvalue weighted by atomic mass is 9.80. The van der Waals surface area contributed by atoms with Gasteiger partial charge in [-0.3, -0.25) is 14.9 Å². The van der Waals surface area contributed by atoms with Crippen molar-refractivity contribution in [3.63, 3.8) is 0 Å². The van der Waals surface area contributed by atoms with E-state index in [1.807, 2.05) is 54.7 Å². The van der Waals surface area contributed by atoms with Gasteiger partial charge in [0.25, 0.3) is 0 Å². The predicted molar refractivity (Wildman–Crippen MR) is 155 cm³/mol. The average Bonchev–Trinajstić information content (AvgIpc) is 3.61. The smallest absolute Gasteiger partial charge is 0.342 e. The number of Topliss-reactive ketones (excluding diaryl/α,β-unsaturated/α-hetero) is 1. The number of aromatic nitrogens is 2. The Labute approximate surface area is 240 Å². The molecule has 0 saturated heterocycles. The van der Waals surface area contributed by atoms with Crippen LogP contribution in [0.1, 0.15) is 32.7 Å². The summed E-state index contributed by atoms with van der Waals surface area (Å²) in [5, 5.41) is 14.4. The number of hydrogen-bond acceptors (Lipinski definition) is 8. The number of esters is 2. The lowest BCUT2D eigenvalue weighted by molar-refractivity contribution is -0.158. The van der Waals surface area contributed by atoms with Gasteiger partial charge < -0.3 is 30.3 Å². The number of carbonyl (C=O) groups excluding carboxylic acids is 3. The molecule has 2 aromatic heterocycles. The number of nitrogens with two attached hydrogens (primary N) is 1. The number of aliphatic hydroxyl groups is 1. The molecular formula is C32H30N4O6. The molecule has 3 heterocycles. The number of aliphatic hydroxyl groups excluding tert-OH is 1. The number of H-pyrrole nitrogens is 2. The van der Waals surface area contributed by atoms with Crippen LogP contribution in [0.2, 0.25) is 0 Å². The Balaban J connectivity index is 1.23. The van der Waals surface area contributed by atoms with E-state index in [0.717, 1.165) is 32.9 Å². The lowest BCUT2D eigenvalue weighted by Gasteiger charge is -2.34. The van der Waals surface area contributed by atoms with E-state index in [1.54, 1.807) is 24.3 Å². The van der Waals surface area contributed by atoms with Crippen LogP contribution in [-0.2, 0) is 44.1 Å². The zero-order valence-electron chi connectivity index (χ0n) is 22.7. The van der Waals surface area contributed by atoms with Crippen molar-refractivity contribution in [2.24, 2.45) is 5.73 Å². The van der Waals surface area contributed by atoms with E-state index in [9.17, 15) is 19.5 Å². The van der Waals surface area contributed by atoms with Crippen LogP contribution >= 0.6 is 0 Å². The van der Waals surface area contributed by atoms with Gasteiger partial charge in [-0.2, -0.15) is 0 Å². The number of carbonyl (C=O) groups is 3. The fraction of sp³-hybridized carbons (Fsp3) is 0.219. The van der Waals surface area contributed by atoms with Gasteiger partial charge in [0.2, 0.25) is 11.3 Å². The topological polar surface area (TPSA) is 160 Å². The van der Waals surface area contributed by atoms with E-state index in [2.05, 4.69) is 15.3 Å². The van der Waals surface area contributed by atoms with Crippen LogP contribution in [0.4, 0.5) is 0 Å². The molecule has 0 spiro atoms. The van der Waals surface area contributed by atoms with Crippen molar-refractivity contribution in [3.05, 3.63) is 107 Å². The van der Waals surface area contributed by atoms with Crippen molar-refractivity contribution >= 4 is 39.5 Å². The van der Waals surface area contributed by atoms with E-state index in [1.165, 1.54) is 0 Å². The third-order valence-electron chi connectivity index (χ3n) is 7.78. The van der Waals surface area contributed by atoms with Gasteiger partial charge in [0.05, 0.1) is 5.69 Å². The maximum absolute atomic E-state index is 14.2. The Kier molecular flexibility index (Phi) is 7.34. The largest absolute Gasteiger partial charge is 0.460 e. The van der Waals surface area contributed by atoms with E-state index in [0.29, 0.717) is 30.6 Å². The maximum Gasteiger partial charge on any atom is 0.342 e. The number of fused-ring (bicyclic) bond motifs is 4. The molecule has 3 aromatic carbocycles. The van der Waals surface area contributed by atoms with Gasteiger partial charge in [0.1, 0.15) is 12.6 Å². The molecule has 0 aliphatic carbocycles. The minimum Gasteiger partial charge on any atom is -0.460 e. The highest BCUT2D eigenvalue weighted by molar-refractivity contribution is 6.17. The van der Waals surface area contributed by atoms with E-state index in [-0.39, 0.29) is 12.2 Å². The normalized spacial score (nSPS) is 17.1. The van der Waals surface area contributed by atoms with Gasteiger partial charge in [-0.1, -0.05) is 54.6 Å². The third kappa shape index (κ3) is 4.75. The van der Waals surface area contributed by atoms with E-state index in [4.69, 9.17) is 15.2 Å². The Morgan fingerprint density at radius 3 is 2.52 bits per heavy atom. The van der Waals surface area contributed by atoms with Crippen molar-refractivity contribution in [2.45, 2.75) is 31.0 Å². The van der Waals surface area contributed by atoms with Gasteiger partial charge in [0, 0.05) is 46.5 Å². The molecule has 0 radical (unpaired) electrons.